The van der Waals surface area contributed by atoms with Gasteiger partial charge in [-0.25, -0.2) is 0 Å². The van der Waals surface area contributed by atoms with Gasteiger partial charge in [0.25, 0.3) is 0 Å². The Morgan fingerprint density at radius 2 is 2.15 bits per heavy atom. The van der Waals surface area contributed by atoms with E-state index in [0.29, 0.717) is 20.9 Å². The number of thioether (sulfide) groups is 1. The van der Waals surface area contributed by atoms with E-state index in [0.717, 1.165) is 4.88 Å². The third-order valence-corrected chi connectivity index (χ3v) is 5.85. The van der Waals surface area contributed by atoms with Crippen molar-refractivity contribution < 1.29 is 9.59 Å². The maximum absolute atomic E-state index is 12.1. The van der Waals surface area contributed by atoms with E-state index in [1.165, 1.54) is 23.1 Å². The molecule has 1 aromatic carbocycles. The Labute approximate surface area is 167 Å². The Bertz CT molecular complexity index is 884. The van der Waals surface area contributed by atoms with Crippen LogP contribution in [-0.4, -0.2) is 28.4 Å². The molecular weight excluding hydrogens is 415 g/mol. The summed E-state index contributed by atoms with van der Waals surface area (Å²) in [5.74, 6) is -0.580. The van der Waals surface area contributed by atoms with E-state index in [9.17, 15) is 9.59 Å². The highest BCUT2D eigenvalue weighted by Gasteiger charge is 2.32. The number of thiophene rings is 1. The van der Waals surface area contributed by atoms with Gasteiger partial charge in [0.1, 0.15) is 5.25 Å². The lowest BCUT2D eigenvalue weighted by Gasteiger charge is -2.08. The van der Waals surface area contributed by atoms with Crippen molar-refractivity contribution in [2.45, 2.75) is 11.7 Å². The molecule has 6 nitrogen and oxygen atoms in total. The Kier molecular flexibility index (Phi) is 6.31. The van der Waals surface area contributed by atoms with Gasteiger partial charge in [0.15, 0.2) is 5.17 Å². The van der Waals surface area contributed by atoms with Crippen molar-refractivity contribution in [3.8, 4) is 0 Å². The van der Waals surface area contributed by atoms with E-state index in [1.54, 1.807) is 24.4 Å². The summed E-state index contributed by atoms with van der Waals surface area (Å²) >= 11 is 14.5. The molecule has 0 aliphatic carbocycles. The van der Waals surface area contributed by atoms with Crippen LogP contribution < -0.4 is 10.6 Å². The van der Waals surface area contributed by atoms with Crippen LogP contribution in [0.3, 0.4) is 0 Å². The number of nitrogens with zero attached hydrogens (tertiary/aromatic N) is 2. The normalized spacial score (nSPS) is 18.5. The molecule has 0 bridgehead atoms. The monoisotopic (exact) mass is 426 g/mol. The van der Waals surface area contributed by atoms with Crippen LogP contribution in [-0.2, 0) is 9.59 Å². The average molecular weight is 427 g/mol. The van der Waals surface area contributed by atoms with Crippen molar-refractivity contribution in [1.82, 2.24) is 5.32 Å². The van der Waals surface area contributed by atoms with Crippen molar-refractivity contribution >= 4 is 75.2 Å². The Hall–Kier alpha value is -1.87. The lowest BCUT2D eigenvalue weighted by molar-refractivity contribution is -0.122. The highest BCUT2D eigenvalue weighted by atomic mass is 35.5. The average Bonchev–Trinajstić information content (AvgIpc) is 3.22. The van der Waals surface area contributed by atoms with Crippen LogP contribution in [0.15, 0.2) is 45.9 Å². The maximum atomic E-state index is 12.1. The van der Waals surface area contributed by atoms with Gasteiger partial charge in [-0.15, -0.1) is 16.4 Å². The number of amidine groups is 1. The number of anilines is 1. The topological polar surface area (TPSA) is 82.9 Å². The van der Waals surface area contributed by atoms with E-state index in [1.807, 2.05) is 17.5 Å². The molecule has 26 heavy (non-hydrogen) atoms. The fourth-order valence-corrected chi connectivity index (χ4v) is 3.85. The molecule has 10 heteroatoms. The lowest BCUT2D eigenvalue weighted by atomic mass is 10.2. The van der Waals surface area contributed by atoms with Crippen molar-refractivity contribution in [1.29, 1.82) is 0 Å². The van der Waals surface area contributed by atoms with E-state index in [2.05, 4.69) is 20.8 Å². The molecule has 1 fully saturated rings. The number of halogens is 2. The Morgan fingerprint density at radius 3 is 2.88 bits per heavy atom. The van der Waals surface area contributed by atoms with Crippen LogP contribution in [0.2, 0.25) is 10.0 Å². The minimum atomic E-state index is -0.562. The second-order valence-corrected chi connectivity index (χ2v) is 8.13. The smallest absolute Gasteiger partial charge is 0.240 e. The van der Waals surface area contributed by atoms with Gasteiger partial charge in [0.2, 0.25) is 11.8 Å². The standard InChI is InChI=1S/C16H12Cl2N4O2S2/c17-11-4-3-9(6-12(11)18)20-14(23)7-13-15(24)21-16(26-13)22-19-8-10-2-1-5-25-10/h1-6,8,13H,7H2,(H,20,23)(H,21,22,24)/b19-8-/t13-/m1/s1. The largest absolute Gasteiger partial charge is 0.326 e. The van der Waals surface area contributed by atoms with Gasteiger partial charge in [0, 0.05) is 17.0 Å². The molecule has 1 aromatic heterocycles. The number of nitrogens with one attached hydrogen (secondary N) is 2. The van der Waals surface area contributed by atoms with Gasteiger partial charge >= 0.3 is 0 Å². The number of carbonyl (C=O) groups is 2. The molecule has 0 unspecified atom stereocenters. The molecule has 2 N–H and O–H groups in total. The first-order chi connectivity index (χ1) is 12.5. The molecule has 1 aliphatic heterocycles. The number of amides is 2. The predicted molar refractivity (Wildman–Crippen MR) is 109 cm³/mol. The molecule has 1 aliphatic rings. The summed E-state index contributed by atoms with van der Waals surface area (Å²) in [4.78, 5) is 25.1. The van der Waals surface area contributed by atoms with Crippen molar-refractivity contribution in [3.63, 3.8) is 0 Å². The first-order valence-electron chi connectivity index (χ1n) is 7.38. The van der Waals surface area contributed by atoms with E-state index >= 15 is 0 Å². The molecule has 2 heterocycles. The molecule has 0 spiro atoms. The minimum Gasteiger partial charge on any atom is -0.326 e. The molecule has 3 rings (SSSR count). The maximum Gasteiger partial charge on any atom is 0.240 e. The number of hydrogen-bond acceptors (Lipinski definition) is 6. The highest BCUT2D eigenvalue weighted by molar-refractivity contribution is 8.15. The van der Waals surface area contributed by atoms with Crippen LogP contribution >= 0.6 is 46.3 Å². The lowest BCUT2D eigenvalue weighted by Crippen LogP contribution is -2.28. The molecular formula is C16H12Cl2N4O2S2. The van der Waals surface area contributed by atoms with Crippen molar-refractivity contribution in [3.05, 3.63) is 50.6 Å². The van der Waals surface area contributed by atoms with Gasteiger partial charge in [-0.3, -0.25) is 9.59 Å². The van der Waals surface area contributed by atoms with E-state index in [-0.39, 0.29) is 18.2 Å². The van der Waals surface area contributed by atoms with Gasteiger partial charge in [-0.1, -0.05) is 41.0 Å². The first kappa shape index (κ1) is 18.9. The van der Waals surface area contributed by atoms with Gasteiger partial charge in [0.05, 0.1) is 16.3 Å². The molecule has 1 saturated heterocycles. The van der Waals surface area contributed by atoms with Gasteiger partial charge in [-0.2, -0.15) is 5.10 Å². The summed E-state index contributed by atoms with van der Waals surface area (Å²) in [5.41, 5.74) is 0.516. The third kappa shape index (κ3) is 5.07. The third-order valence-electron chi connectivity index (χ3n) is 3.23. The second kappa shape index (κ2) is 8.68. The second-order valence-electron chi connectivity index (χ2n) is 5.14. The molecule has 1 atom stereocenters. The van der Waals surface area contributed by atoms with E-state index < -0.39 is 5.25 Å². The first-order valence-corrected chi connectivity index (χ1v) is 9.90. The van der Waals surface area contributed by atoms with Crippen molar-refractivity contribution in [2.75, 3.05) is 5.32 Å². The summed E-state index contributed by atoms with van der Waals surface area (Å²) in [7, 11) is 0. The Morgan fingerprint density at radius 1 is 1.31 bits per heavy atom. The Balaban J connectivity index is 1.55. The van der Waals surface area contributed by atoms with Crippen LogP contribution in [0.4, 0.5) is 5.69 Å². The predicted octanol–water partition coefficient (Wildman–Crippen LogP) is 4.01. The number of hydrogen-bond donors (Lipinski definition) is 2. The molecule has 134 valence electrons. The highest BCUT2D eigenvalue weighted by Crippen LogP contribution is 2.26. The number of benzene rings is 1. The fraction of sp³-hybridized carbons (Fsp3) is 0.125. The summed E-state index contributed by atoms with van der Waals surface area (Å²) < 4.78 is 0. The van der Waals surface area contributed by atoms with E-state index in [4.69, 9.17) is 23.2 Å². The summed E-state index contributed by atoms with van der Waals surface area (Å²) in [5, 5.41) is 15.7. The summed E-state index contributed by atoms with van der Waals surface area (Å²) in [6.07, 6.45) is 1.61. The molecule has 2 aromatic rings. The number of rotatable bonds is 5. The SMILES string of the molecule is O=C(C[C@H]1S/C(=N/N=C\c2cccs2)NC1=O)Nc1ccc(Cl)c(Cl)c1. The van der Waals surface area contributed by atoms with Gasteiger partial charge < -0.3 is 10.6 Å². The summed E-state index contributed by atoms with van der Waals surface area (Å²) in [6, 6.07) is 8.60. The minimum absolute atomic E-state index is 0.00437. The summed E-state index contributed by atoms with van der Waals surface area (Å²) in [6.45, 7) is 0. The molecule has 0 radical (unpaired) electrons. The van der Waals surface area contributed by atoms with Crippen molar-refractivity contribution in [2.24, 2.45) is 10.2 Å². The van der Waals surface area contributed by atoms with Crippen LogP contribution in [0.5, 0.6) is 0 Å². The zero-order valence-corrected chi connectivity index (χ0v) is 16.3. The molecule has 0 saturated carbocycles. The zero-order chi connectivity index (χ0) is 18.5. The van der Waals surface area contributed by atoms with Crippen LogP contribution in [0.25, 0.3) is 0 Å². The van der Waals surface area contributed by atoms with Crippen LogP contribution in [0, 0.1) is 0 Å². The quantitative estimate of drug-likeness (QED) is 0.559. The number of carbonyl (C=O) groups excluding carboxylic acids is 2. The van der Waals surface area contributed by atoms with Crippen LogP contribution in [0.1, 0.15) is 11.3 Å². The molecule has 2 amide bonds. The fourth-order valence-electron chi connectivity index (χ4n) is 2.04. The zero-order valence-electron chi connectivity index (χ0n) is 13.1. The van der Waals surface area contributed by atoms with Gasteiger partial charge in [-0.05, 0) is 29.6 Å².